The molecule has 0 bridgehead atoms. The lowest BCUT2D eigenvalue weighted by molar-refractivity contribution is -0.0535. The number of benzene rings is 1. The molecule has 1 aliphatic carbocycles. The number of halogens is 2. The highest BCUT2D eigenvalue weighted by Crippen LogP contribution is 2.46. The van der Waals surface area contributed by atoms with Crippen molar-refractivity contribution < 1.29 is 18.6 Å². The number of rotatable bonds is 4. The van der Waals surface area contributed by atoms with Crippen LogP contribution in [0.5, 0.6) is 0 Å². The molecule has 0 aromatic heterocycles. The summed E-state index contributed by atoms with van der Waals surface area (Å²) in [5, 5.41) is 10.4. The Labute approximate surface area is 92.9 Å². The fraction of sp³-hybridized carbons (Fsp3) is 0.500. The second kappa shape index (κ2) is 4.11. The van der Waals surface area contributed by atoms with Gasteiger partial charge in [0.15, 0.2) is 11.6 Å². The number of hydrogen-bond acceptors (Lipinski definition) is 2. The van der Waals surface area contributed by atoms with Gasteiger partial charge in [-0.15, -0.1) is 0 Å². The smallest absolute Gasteiger partial charge is 0.159 e. The van der Waals surface area contributed by atoms with Crippen LogP contribution in [0.4, 0.5) is 8.78 Å². The Balaban J connectivity index is 2.34. The summed E-state index contributed by atoms with van der Waals surface area (Å²) in [5.74, 6) is -1.76. The first-order valence-electron chi connectivity index (χ1n) is 5.25. The second-order valence-corrected chi connectivity index (χ2v) is 4.26. The van der Waals surface area contributed by atoms with E-state index < -0.39 is 17.2 Å². The molecule has 0 aliphatic heterocycles. The van der Waals surface area contributed by atoms with Crippen LogP contribution in [0.2, 0.25) is 0 Å². The van der Waals surface area contributed by atoms with E-state index in [1.165, 1.54) is 13.2 Å². The maximum absolute atomic E-state index is 13.1. The molecule has 0 heterocycles. The number of hydrogen-bond donors (Lipinski definition) is 1. The molecule has 0 saturated heterocycles. The monoisotopic (exact) mass is 228 g/mol. The van der Waals surface area contributed by atoms with Crippen LogP contribution in [0.15, 0.2) is 18.2 Å². The van der Waals surface area contributed by atoms with E-state index in [2.05, 4.69) is 0 Å². The van der Waals surface area contributed by atoms with Crippen LogP contribution in [-0.2, 0) is 10.3 Å². The zero-order chi connectivity index (χ0) is 11.8. The van der Waals surface area contributed by atoms with Gasteiger partial charge in [0.05, 0.1) is 6.61 Å². The van der Waals surface area contributed by atoms with Gasteiger partial charge in [0.2, 0.25) is 0 Å². The fourth-order valence-corrected chi connectivity index (χ4v) is 1.98. The lowest BCUT2D eigenvalue weighted by Crippen LogP contribution is -2.33. The van der Waals surface area contributed by atoms with Crippen molar-refractivity contribution in [3.8, 4) is 0 Å². The van der Waals surface area contributed by atoms with E-state index in [1.807, 2.05) is 0 Å². The first-order chi connectivity index (χ1) is 7.58. The predicted octanol–water partition coefficient (Wildman–Crippen LogP) is 2.21. The number of aliphatic hydroxyl groups is 1. The maximum Gasteiger partial charge on any atom is 0.159 e. The van der Waals surface area contributed by atoms with Gasteiger partial charge in [-0.1, -0.05) is 6.07 Å². The molecule has 16 heavy (non-hydrogen) atoms. The fourth-order valence-electron chi connectivity index (χ4n) is 1.98. The van der Waals surface area contributed by atoms with Crippen molar-refractivity contribution >= 4 is 0 Å². The molecule has 1 aromatic rings. The SMILES string of the molecule is COCC(O)(c1ccc(F)c(F)c1)C1CC1. The van der Waals surface area contributed by atoms with E-state index in [0.29, 0.717) is 5.56 Å². The highest BCUT2D eigenvalue weighted by molar-refractivity contribution is 5.26. The molecule has 1 atom stereocenters. The van der Waals surface area contributed by atoms with Crippen molar-refractivity contribution in [1.82, 2.24) is 0 Å². The van der Waals surface area contributed by atoms with Crippen LogP contribution in [0.25, 0.3) is 0 Å². The Morgan fingerprint density at radius 2 is 2.06 bits per heavy atom. The summed E-state index contributed by atoms with van der Waals surface area (Å²) in [6, 6.07) is 3.50. The van der Waals surface area contributed by atoms with Crippen molar-refractivity contribution in [3.05, 3.63) is 35.4 Å². The Morgan fingerprint density at radius 1 is 1.38 bits per heavy atom. The highest BCUT2D eigenvalue weighted by atomic mass is 19.2. The van der Waals surface area contributed by atoms with E-state index in [1.54, 1.807) is 0 Å². The van der Waals surface area contributed by atoms with Crippen LogP contribution in [0.3, 0.4) is 0 Å². The van der Waals surface area contributed by atoms with Gasteiger partial charge in [-0.3, -0.25) is 0 Å². The van der Waals surface area contributed by atoms with Crippen LogP contribution in [0.1, 0.15) is 18.4 Å². The van der Waals surface area contributed by atoms with Gasteiger partial charge in [0.1, 0.15) is 5.60 Å². The zero-order valence-corrected chi connectivity index (χ0v) is 9.04. The summed E-state index contributed by atoms with van der Waals surface area (Å²) in [6.45, 7) is 0.0999. The number of ether oxygens (including phenoxy) is 1. The molecule has 0 amide bonds. The first kappa shape index (κ1) is 11.5. The molecule has 1 aliphatic rings. The van der Waals surface area contributed by atoms with E-state index in [-0.39, 0.29) is 12.5 Å². The van der Waals surface area contributed by atoms with Gasteiger partial charge in [-0.05, 0) is 36.5 Å². The molecule has 1 fully saturated rings. The molecule has 1 N–H and O–H groups in total. The van der Waals surface area contributed by atoms with E-state index in [0.717, 1.165) is 25.0 Å². The Hall–Kier alpha value is -1.00. The van der Waals surface area contributed by atoms with Crippen molar-refractivity contribution in [2.24, 2.45) is 5.92 Å². The maximum atomic E-state index is 13.1. The molecular formula is C12H14F2O2. The molecule has 0 radical (unpaired) electrons. The van der Waals surface area contributed by atoms with Crippen LogP contribution < -0.4 is 0 Å². The molecular weight excluding hydrogens is 214 g/mol. The van der Waals surface area contributed by atoms with Gasteiger partial charge in [-0.2, -0.15) is 0 Å². The third kappa shape index (κ3) is 1.95. The minimum absolute atomic E-state index is 0.0808. The molecule has 0 spiro atoms. The summed E-state index contributed by atoms with van der Waals surface area (Å²) in [4.78, 5) is 0. The van der Waals surface area contributed by atoms with Gasteiger partial charge >= 0.3 is 0 Å². The summed E-state index contributed by atoms with van der Waals surface area (Å²) >= 11 is 0. The van der Waals surface area contributed by atoms with Crippen LogP contribution >= 0.6 is 0 Å². The predicted molar refractivity (Wildman–Crippen MR) is 54.9 cm³/mol. The topological polar surface area (TPSA) is 29.5 Å². The quantitative estimate of drug-likeness (QED) is 0.856. The van der Waals surface area contributed by atoms with Crippen LogP contribution in [-0.4, -0.2) is 18.8 Å². The van der Waals surface area contributed by atoms with Crippen molar-refractivity contribution in [2.45, 2.75) is 18.4 Å². The summed E-state index contributed by atoms with van der Waals surface area (Å²) in [6.07, 6.45) is 1.78. The van der Waals surface area contributed by atoms with Gasteiger partial charge in [-0.25, -0.2) is 8.78 Å². The van der Waals surface area contributed by atoms with E-state index in [4.69, 9.17) is 4.74 Å². The lowest BCUT2D eigenvalue weighted by atomic mass is 9.89. The zero-order valence-electron chi connectivity index (χ0n) is 9.04. The average molecular weight is 228 g/mol. The Morgan fingerprint density at radius 3 is 2.56 bits per heavy atom. The van der Waals surface area contributed by atoms with Crippen molar-refractivity contribution in [3.63, 3.8) is 0 Å². The molecule has 2 rings (SSSR count). The van der Waals surface area contributed by atoms with E-state index >= 15 is 0 Å². The van der Waals surface area contributed by atoms with Gasteiger partial charge in [0, 0.05) is 7.11 Å². The molecule has 1 unspecified atom stereocenters. The normalized spacial score (nSPS) is 19.5. The average Bonchev–Trinajstić information content (AvgIpc) is 3.06. The molecule has 1 aromatic carbocycles. The van der Waals surface area contributed by atoms with Gasteiger partial charge in [0.25, 0.3) is 0 Å². The first-order valence-corrected chi connectivity index (χ1v) is 5.25. The summed E-state index contributed by atoms with van der Waals surface area (Å²) in [7, 11) is 1.48. The third-order valence-corrected chi connectivity index (χ3v) is 3.04. The Bertz CT molecular complexity index is 391. The largest absolute Gasteiger partial charge is 0.382 e. The van der Waals surface area contributed by atoms with Crippen molar-refractivity contribution in [2.75, 3.05) is 13.7 Å². The molecule has 88 valence electrons. The Kier molecular flexibility index (Phi) is 2.95. The molecule has 1 saturated carbocycles. The lowest BCUT2D eigenvalue weighted by Gasteiger charge is -2.28. The minimum Gasteiger partial charge on any atom is -0.382 e. The molecule has 4 heteroatoms. The van der Waals surface area contributed by atoms with Gasteiger partial charge < -0.3 is 9.84 Å². The number of methoxy groups -OCH3 is 1. The van der Waals surface area contributed by atoms with Crippen LogP contribution in [0, 0.1) is 17.6 Å². The highest BCUT2D eigenvalue weighted by Gasteiger charge is 2.45. The second-order valence-electron chi connectivity index (χ2n) is 4.26. The molecule has 2 nitrogen and oxygen atoms in total. The minimum atomic E-state index is -1.19. The van der Waals surface area contributed by atoms with Crippen molar-refractivity contribution in [1.29, 1.82) is 0 Å². The summed E-state index contributed by atoms with van der Waals surface area (Å²) in [5.41, 5.74) is -0.806. The van der Waals surface area contributed by atoms with E-state index in [9.17, 15) is 13.9 Å². The standard InChI is InChI=1S/C12H14F2O2/c1-16-7-12(15,8-2-3-8)9-4-5-10(13)11(14)6-9/h4-6,8,15H,2-3,7H2,1H3. The third-order valence-electron chi connectivity index (χ3n) is 3.04. The summed E-state index contributed by atoms with van der Waals surface area (Å²) < 4.78 is 30.9.